The molecule has 2 heteroatoms. The van der Waals surface area contributed by atoms with Crippen LogP contribution in [0.1, 0.15) is 16.7 Å². The average molecular weight is 227 g/mol. The minimum Gasteiger partial charge on any atom is -0.455 e. The highest BCUT2D eigenvalue weighted by molar-refractivity contribution is 5.55. The van der Waals surface area contributed by atoms with Gasteiger partial charge in [-0.2, -0.15) is 0 Å². The van der Waals surface area contributed by atoms with Crippen LogP contribution >= 0.6 is 0 Å². The molecule has 0 saturated heterocycles. The van der Waals surface area contributed by atoms with Gasteiger partial charge in [-0.1, -0.05) is 23.8 Å². The first-order valence-corrected chi connectivity index (χ1v) is 5.67. The lowest BCUT2D eigenvalue weighted by Gasteiger charge is -2.11. The second-order valence-electron chi connectivity index (χ2n) is 4.41. The minimum absolute atomic E-state index is 0.663. The summed E-state index contributed by atoms with van der Waals surface area (Å²) in [5.74, 6) is 1.57. The second-order valence-corrected chi connectivity index (χ2v) is 4.41. The number of nitrogen functional groups attached to an aromatic ring is 1. The van der Waals surface area contributed by atoms with Gasteiger partial charge in [-0.05, 0) is 50.1 Å². The van der Waals surface area contributed by atoms with Crippen LogP contribution in [0.5, 0.6) is 11.5 Å². The van der Waals surface area contributed by atoms with Crippen LogP contribution in [-0.4, -0.2) is 0 Å². The molecule has 0 atom stereocenters. The third kappa shape index (κ3) is 2.59. The van der Waals surface area contributed by atoms with Gasteiger partial charge in [0.25, 0.3) is 0 Å². The summed E-state index contributed by atoms with van der Waals surface area (Å²) in [7, 11) is 0. The van der Waals surface area contributed by atoms with Crippen molar-refractivity contribution in [3.63, 3.8) is 0 Å². The zero-order chi connectivity index (χ0) is 12.4. The van der Waals surface area contributed by atoms with Gasteiger partial charge in [0.05, 0.1) is 5.69 Å². The summed E-state index contributed by atoms with van der Waals surface area (Å²) in [6.07, 6.45) is 0. The molecule has 17 heavy (non-hydrogen) atoms. The van der Waals surface area contributed by atoms with Crippen molar-refractivity contribution < 1.29 is 4.74 Å². The molecular formula is C15H17NO. The van der Waals surface area contributed by atoms with E-state index in [-0.39, 0.29) is 0 Å². The largest absolute Gasteiger partial charge is 0.455 e. The number of anilines is 1. The molecule has 0 bridgehead atoms. The van der Waals surface area contributed by atoms with Crippen LogP contribution in [-0.2, 0) is 0 Å². The van der Waals surface area contributed by atoms with Crippen molar-refractivity contribution in [2.75, 3.05) is 5.73 Å². The van der Waals surface area contributed by atoms with Crippen molar-refractivity contribution in [1.82, 2.24) is 0 Å². The van der Waals surface area contributed by atoms with Crippen LogP contribution in [0.3, 0.4) is 0 Å². The first kappa shape index (κ1) is 11.5. The molecule has 2 aromatic carbocycles. The monoisotopic (exact) mass is 227 g/mol. The van der Waals surface area contributed by atoms with Crippen molar-refractivity contribution in [3.8, 4) is 11.5 Å². The lowest BCUT2D eigenvalue weighted by Crippen LogP contribution is -1.94. The number of nitrogens with two attached hydrogens (primary N) is 1. The number of benzene rings is 2. The molecular weight excluding hydrogens is 210 g/mol. The van der Waals surface area contributed by atoms with Crippen molar-refractivity contribution in [2.24, 2.45) is 0 Å². The Morgan fingerprint density at radius 3 is 2.18 bits per heavy atom. The molecule has 0 amide bonds. The summed E-state index contributed by atoms with van der Waals surface area (Å²) in [5.41, 5.74) is 10.0. The first-order valence-electron chi connectivity index (χ1n) is 5.67. The topological polar surface area (TPSA) is 35.2 Å². The Hall–Kier alpha value is -1.96. The van der Waals surface area contributed by atoms with Crippen LogP contribution in [0.2, 0.25) is 0 Å². The summed E-state index contributed by atoms with van der Waals surface area (Å²) >= 11 is 0. The lowest BCUT2D eigenvalue weighted by molar-refractivity contribution is 0.481. The summed E-state index contributed by atoms with van der Waals surface area (Å²) < 4.78 is 5.85. The molecule has 2 aromatic rings. The van der Waals surface area contributed by atoms with E-state index in [2.05, 4.69) is 13.0 Å². The van der Waals surface area contributed by atoms with E-state index >= 15 is 0 Å². The van der Waals surface area contributed by atoms with Crippen molar-refractivity contribution in [2.45, 2.75) is 20.8 Å². The van der Waals surface area contributed by atoms with Gasteiger partial charge >= 0.3 is 0 Å². The summed E-state index contributed by atoms with van der Waals surface area (Å²) in [5, 5.41) is 0. The number of rotatable bonds is 2. The highest BCUT2D eigenvalue weighted by atomic mass is 16.5. The molecule has 0 aliphatic heterocycles. The van der Waals surface area contributed by atoms with Gasteiger partial charge in [-0.25, -0.2) is 0 Å². The van der Waals surface area contributed by atoms with Crippen LogP contribution in [0.25, 0.3) is 0 Å². The Bertz CT molecular complexity index is 547. The lowest BCUT2D eigenvalue weighted by atomic mass is 10.1. The standard InChI is InChI=1S/C15H17NO/c1-10-5-7-14(12(3)8-10)17-15-9-11(2)4-6-13(15)16/h4-9H,16H2,1-3H3. The van der Waals surface area contributed by atoms with Crippen molar-refractivity contribution in [3.05, 3.63) is 53.1 Å². The van der Waals surface area contributed by atoms with Gasteiger partial charge in [-0.15, -0.1) is 0 Å². The molecule has 0 radical (unpaired) electrons. The summed E-state index contributed by atoms with van der Waals surface area (Å²) in [6, 6.07) is 11.9. The Kier molecular flexibility index (Phi) is 3.05. The van der Waals surface area contributed by atoms with Crippen molar-refractivity contribution >= 4 is 5.69 Å². The Labute approximate surface area is 102 Å². The molecule has 0 unspecified atom stereocenters. The third-order valence-electron chi connectivity index (χ3n) is 2.72. The van der Waals surface area contributed by atoms with Crippen LogP contribution in [0, 0.1) is 20.8 Å². The predicted molar refractivity (Wildman–Crippen MR) is 71.6 cm³/mol. The average Bonchev–Trinajstić information content (AvgIpc) is 2.27. The molecule has 0 aliphatic carbocycles. The fraction of sp³-hybridized carbons (Fsp3) is 0.200. The molecule has 0 saturated carbocycles. The Morgan fingerprint density at radius 1 is 0.824 bits per heavy atom. The number of hydrogen-bond acceptors (Lipinski definition) is 2. The number of aryl methyl sites for hydroxylation is 3. The van der Waals surface area contributed by atoms with E-state index in [9.17, 15) is 0 Å². The summed E-state index contributed by atoms with van der Waals surface area (Å²) in [4.78, 5) is 0. The fourth-order valence-corrected chi connectivity index (χ4v) is 1.76. The Balaban J connectivity index is 2.34. The molecule has 88 valence electrons. The van der Waals surface area contributed by atoms with Gasteiger partial charge < -0.3 is 10.5 Å². The van der Waals surface area contributed by atoms with Gasteiger partial charge in [0.1, 0.15) is 5.75 Å². The minimum atomic E-state index is 0.663. The van der Waals surface area contributed by atoms with Crippen molar-refractivity contribution in [1.29, 1.82) is 0 Å². The van der Waals surface area contributed by atoms with Gasteiger partial charge in [0.2, 0.25) is 0 Å². The maximum Gasteiger partial charge on any atom is 0.150 e. The SMILES string of the molecule is Cc1ccc(Oc2cc(C)ccc2N)c(C)c1. The molecule has 0 aliphatic rings. The smallest absolute Gasteiger partial charge is 0.150 e. The van der Waals surface area contributed by atoms with E-state index in [4.69, 9.17) is 10.5 Å². The van der Waals surface area contributed by atoms with E-state index in [1.807, 2.05) is 44.2 Å². The summed E-state index contributed by atoms with van der Waals surface area (Å²) in [6.45, 7) is 6.13. The van der Waals surface area contributed by atoms with Crippen LogP contribution < -0.4 is 10.5 Å². The normalized spacial score (nSPS) is 10.3. The highest BCUT2D eigenvalue weighted by Crippen LogP contribution is 2.30. The Morgan fingerprint density at radius 2 is 1.47 bits per heavy atom. The van der Waals surface area contributed by atoms with E-state index in [0.717, 1.165) is 22.6 Å². The molecule has 0 spiro atoms. The van der Waals surface area contributed by atoms with Gasteiger partial charge in [0.15, 0.2) is 5.75 Å². The third-order valence-corrected chi connectivity index (χ3v) is 2.72. The quantitative estimate of drug-likeness (QED) is 0.787. The molecule has 2 rings (SSSR count). The maximum absolute atomic E-state index is 5.89. The predicted octanol–water partition coefficient (Wildman–Crippen LogP) is 3.99. The van der Waals surface area contributed by atoms with E-state index in [1.54, 1.807) is 0 Å². The highest BCUT2D eigenvalue weighted by Gasteiger charge is 2.05. The molecule has 2 N–H and O–H groups in total. The molecule has 0 aromatic heterocycles. The van der Waals surface area contributed by atoms with Gasteiger partial charge in [0, 0.05) is 0 Å². The van der Waals surface area contributed by atoms with Gasteiger partial charge in [-0.3, -0.25) is 0 Å². The fourth-order valence-electron chi connectivity index (χ4n) is 1.76. The van der Waals surface area contributed by atoms with E-state index in [0.29, 0.717) is 5.69 Å². The molecule has 2 nitrogen and oxygen atoms in total. The van der Waals surface area contributed by atoms with E-state index in [1.165, 1.54) is 5.56 Å². The number of ether oxygens (including phenoxy) is 1. The zero-order valence-electron chi connectivity index (χ0n) is 10.4. The number of hydrogen-bond donors (Lipinski definition) is 1. The molecule has 0 heterocycles. The first-order chi connectivity index (χ1) is 8.06. The maximum atomic E-state index is 5.89. The van der Waals surface area contributed by atoms with E-state index < -0.39 is 0 Å². The van der Waals surface area contributed by atoms with Crippen LogP contribution in [0.4, 0.5) is 5.69 Å². The zero-order valence-corrected chi connectivity index (χ0v) is 10.4. The van der Waals surface area contributed by atoms with Crippen LogP contribution in [0.15, 0.2) is 36.4 Å². The molecule has 0 fully saturated rings. The second kappa shape index (κ2) is 4.50.